The molecule has 0 N–H and O–H groups in total. The minimum absolute atomic E-state index is 0.0350. The van der Waals surface area contributed by atoms with Crippen molar-refractivity contribution in [2.45, 2.75) is 46.1 Å². The normalized spacial score (nSPS) is 18.4. The van der Waals surface area contributed by atoms with Crippen LogP contribution >= 0.6 is 0 Å². The van der Waals surface area contributed by atoms with E-state index in [9.17, 15) is 9.59 Å². The third-order valence-electron chi connectivity index (χ3n) is 4.47. The Bertz CT molecular complexity index is 549. The summed E-state index contributed by atoms with van der Waals surface area (Å²) >= 11 is 0. The van der Waals surface area contributed by atoms with Crippen LogP contribution < -0.4 is 4.90 Å². The van der Waals surface area contributed by atoms with Gasteiger partial charge in [0.2, 0.25) is 11.8 Å². The van der Waals surface area contributed by atoms with Gasteiger partial charge in [0.05, 0.1) is 5.92 Å². The summed E-state index contributed by atoms with van der Waals surface area (Å²) in [6.45, 7) is 8.74. The van der Waals surface area contributed by atoms with Gasteiger partial charge in [-0.1, -0.05) is 26.0 Å². The Labute approximate surface area is 133 Å². The maximum atomic E-state index is 12.4. The molecule has 22 heavy (non-hydrogen) atoms. The predicted molar refractivity (Wildman–Crippen MR) is 88.9 cm³/mol. The zero-order valence-corrected chi connectivity index (χ0v) is 14.2. The Morgan fingerprint density at radius 3 is 2.27 bits per heavy atom. The van der Waals surface area contributed by atoms with Crippen molar-refractivity contribution in [2.24, 2.45) is 5.92 Å². The molecule has 1 aliphatic heterocycles. The van der Waals surface area contributed by atoms with Crippen LogP contribution in [-0.2, 0) is 9.59 Å². The molecule has 2 amide bonds. The van der Waals surface area contributed by atoms with Crippen LogP contribution in [0.25, 0.3) is 0 Å². The summed E-state index contributed by atoms with van der Waals surface area (Å²) in [5, 5.41) is 0. The third-order valence-corrected chi connectivity index (χ3v) is 4.47. The first-order chi connectivity index (χ1) is 10.3. The molecule has 1 aromatic carbocycles. The fourth-order valence-electron chi connectivity index (χ4n) is 2.70. The van der Waals surface area contributed by atoms with Gasteiger partial charge in [-0.3, -0.25) is 9.59 Å². The summed E-state index contributed by atoms with van der Waals surface area (Å²) < 4.78 is 0. The number of benzene rings is 1. The number of nitrogens with zero attached hydrogens (tertiary/aromatic N) is 2. The first kappa shape index (κ1) is 16.5. The molecule has 1 saturated heterocycles. The Balaban J connectivity index is 2.11. The van der Waals surface area contributed by atoms with Gasteiger partial charge in [0.25, 0.3) is 0 Å². The van der Waals surface area contributed by atoms with Crippen LogP contribution in [0.3, 0.4) is 0 Å². The topological polar surface area (TPSA) is 40.6 Å². The second-order valence-electron chi connectivity index (χ2n) is 6.69. The molecule has 0 radical (unpaired) electrons. The summed E-state index contributed by atoms with van der Waals surface area (Å²) in [6, 6.07) is 8.23. The molecular formula is C18H26N2O2. The van der Waals surface area contributed by atoms with Gasteiger partial charge in [-0.2, -0.15) is 0 Å². The smallest absolute Gasteiger partial charge is 0.227 e. The highest BCUT2D eigenvalue weighted by atomic mass is 16.2. The minimum atomic E-state index is -0.232. The lowest BCUT2D eigenvalue weighted by molar-refractivity contribution is -0.135. The Morgan fingerprint density at radius 2 is 1.77 bits per heavy atom. The van der Waals surface area contributed by atoms with Gasteiger partial charge >= 0.3 is 0 Å². The highest BCUT2D eigenvalue weighted by molar-refractivity contribution is 6.00. The highest BCUT2D eigenvalue weighted by Crippen LogP contribution is 2.27. The molecule has 2 rings (SSSR count). The summed E-state index contributed by atoms with van der Waals surface area (Å²) in [5.41, 5.74) is 2.14. The Hall–Kier alpha value is -1.84. The SMILES string of the molecule is CC(C)c1ccc(N2CC(C(=O)N(C)C(C)C)CC2=O)cc1. The molecule has 0 aromatic heterocycles. The van der Waals surface area contributed by atoms with E-state index in [1.54, 1.807) is 16.8 Å². The van der Waals surface area contributed by atoms with E-state index in [1.165, 1.54) is 5.56 Å². The van der Waals surface area contributed by atoms with Gasteiger partial charge in [-0.25, -0.2) is 0 Å². The molecule has 1 fully saturated rings. The summed E-state index contributed by atoms with van der Waals surface area (Å²) in [5.74, 6) is 0.333. The van der Waals surface area contributed by atoms with Crippen molar-refractivity contribution in [2.75, 3.05) is 18.5 Å². The van der Waals surface area contributed by atoms with Crippen molar-refractivity contribution in [3.8, 4) is 0 Å². The lowest BCUT2D eigenvalue weighted by atomic mass is 10.0. The lowest BCUT2D eigenvalue weighted by Gasteiger charge is -2.24. The maximum absolute atomic E-state index is 12.4. The van der Waals surface area contributed by atoms with E-state index >= 15 is 0 Å². The molecule has 0 saturated carbocycles. The maximum Gasteiger partial charge on any atom is 0.227 e. The van der Waals surface area contributed by atoms with Crippen molar-refractivity contribution < 1.29 is 9.59 Å². The van der Waals surface area contributed by atoms with Gasteiger partial charge in [-0.05, 0) is 37.5 Å². The molecule has 4 nitrogen and oxygen atoms in total. The molecule has 0 bridgehead atoms. The van der Waals surface area contributed by atoms with E-state index in [0.717, 1.165) is 5.69 Å². The molecule has 1 aromatic rings. The van der Waals surface area contributed by atoms with Crippen molar-refractivity contribution in [1.82, 2.24) is 4.90 Å². The van der Waals surface area contributed by atoms with Crippen molar-refractivity contribution in [3.05, 3.63) is 29.8 Å². The average Bonchev–Trinajstić information content (AvgIpc) is 2.87. The van der Waals surface area contributed by atoms with Crippen LogP contribution in [0.15, 0.2) is 24.3 Å². The van der Waals surface area contributed by atoms with Gasteiger partial charge < -0.3 is 9.80 Å². The number of carbonyl (C=O) groups excluding carboxylic acids is 2. The van der Waals surface area contributed by atoms with Gasteiger partial charge in [0.15, 0.2) is 0 Å². The Kier molecular flexibility index (Phi) is 4.89. The molecule has 0 spiro atoms. The summed E-state index contributed by atoms with van der Waals surface area (Å²) in [7, 11) is 1.80. The number of hydrogen-bond acceptors (Lipinski definition) is 2. The van der Waals surface area contributed by atoms with Crippen LogP contribution in [0.4, 0.5) is 5.69 Å². The van der Waals surface area contributed by atoms with Gasteiger partial charge in [0, 0.05) is 31.7 Å². The molecule has 1 atom stereocenters. The van der Waals surface area contributed by atoms with Gasteiger partial charge in [0.1, 0.15) is 0 Å². The van der Waals surface area contributed by atoms with Crippen LogP contribution in [-0.4, -0.2) is 36.3 Å². The first-order valence-electron chi connectivity index (χ1n) is 7.98. The largest absolute Gasteiger partial charge is 0.343 e. The van der Waals surface area contributed by atoms with Crippen molar-refractivity contribution in [3.63, 3.8) is 0 Å². The second-order valence-corrected chi connectivity index (χ2v) is 6.69. The molecule has 0 aliphatic carbocycles. The summed E-state index contributed by atoms with van der Waals surface area (Å²) in [4.78, 5) is 28.1. The Morgan fingerprint density at radius 1 is 1.18 bits per heavy atom. The standard InChI is InChI=1S/C18H26N2O2/c1-12(2)14-6-8-16(9-7-14)20-11-15(10-17(20)21)18(22)19(5)13(3)4/h6-9,12-13,15H,10-11H2,1-5H3. The predicted octanol–water partition coefficient (Wildman–Crippen LogP) is 3.03. The fourth-order valence-corrected chi connectivity index (χ4v) is 2.70. The third kappa shape index (κ3) is 3.32. The quantitative estimate of drug-likeness (QED) is 0.858. The zero-order chi connectivity index (χ0) is 16.4. The number of hydrogen-bond donors (Lipinski definition) is 0. The lowest BCUT2D eigenvalue weighted by Crippen LogP contribution is -2.38. The summed E-state index contributed by atoms with van der Waals surface area (Å²) in [6.07, 6.45) is 0.307. The second kappa shape index (κ2) is 6.51. The first-order valence-corrected chi connectivity index (χ1v) is 7.98. The zero-order valence-electron chi connectivity index (χ0n) is 14.2. The average molecular weight is 302 g/mol. The fraction of sp³-hybridized carbons (Fsp3) is 0.556. The van der Waals surface area contributed by atoms with E-state index < -0.39 is 0 Å². The van der Waals surface area contributed by atoms with E-state index in [2.05, 4.69) is 26.0 Å². The number of carbonyl (C=O) groups is 2. The molecule has 1 aliphatic rings. The van der Waals surface area contributed by atoms with E-state index in [1.807, 2.05) is 26.0 Å². The monoisotopic (exact) mass is 302 g/mol. The van der Waals surface area contributed by atoms with E-state index in [4.69, 9.17) is 0 Å². The van der Waals surface area contributed by atoms with E-state index in [0.29, 0.717) is 18.9 Å². The molecule has 4 heteroatoms. The molecular weight excluding hydrogens is 276 g/mol. The van der Waals surface area contributed by atoms with Crippen molar-refractivity contribution in [1.29, 1.82) is 0 Å². The van der Waals surface area contributed by atoms with Gasteiger partial charge in [-0.15, -0.1) is 0 Å². The van der Waals surface area contributed by atoms with Crippen LogP contribution in [0.5, 0.6) is 0 Å². The molecule has 1 unspecified atom stereocenters. The number of amides is 2. The molecule has 1 heterocycles. The van der Waals surface area contributed by atoms with Crippen LogP contribution in [0.2, 0.25) is 0 Å². The van der Waals surface area contributed by atoms with Crippen LogP contribution in [0.1, 0.15) is 45.6 Å². The number of anilines is 1. The molecule has 120 valence electrons. The highest BCUT2D eigenvalue weighted by Gasteiger charge is 2.36. The number of rotatable bonds is 4. The van der Waals surface area contributed by atoms with Crippen molar-refractivity contribution >= 4 is 17.5 Å². The minimum Gasteiger partial charge on any atom is -0.343 e. The van der Waals surface area contributed by atoms with E-state index in [-0.39, 0.29) is 23.8 Å². The van der Waals surface area contributed by atoms with Crippen LogP contribution in [0, 0.1) is 5.92 Å².